The second kappa shape index (κ2) is 2.76. The number of aromatic amines is 1. The van der Waals surface area contributed by atoms with Crippen molar-refractivity contribution in [1.82, 2.24) is 15.2 Å². The number of hydrogen-bond donors (Lipinski definition) is 2. The van der Waals surface area contributed by atoms with Crippen LogP contribution in [0.5, 0.6) is 0 Å². The molecule has 0 aromatic carbocycles. The Morgan fingerprint density at radius 3 is 2.92 bits per heavy atom. The van der Waals surface area contributed by atoms with Gasteiger partial charge in [0, 0.05) is 12.3 Å². The molecule has 0 amide bonds. The highest BCUT2D eigenvalue weighted by Gasteiger charge is 2.04. The van der Waals surface area contributed by atoms with E-state index in [2.05, 4.69) is 15.2 Å². The molecule has 0 atom stereocenters. The van der Waals surface area contributed by atoms with Crippen LogP contribution in [0.3, 0.4) is 0 Å². The van der Waals surface area contributed by atoms with E-state index in [1.807, 2.05) is 0 Å². The maximum atomic E-state index is 5.66. The number of nitrogens with one attached hydrogen (secondary N) is 1. The zero-order chi connectivity index (χ0) is 8.55. The van der Waals surface area contributed by atoms with Gasteiger partial charge in [-0.05, 0) is 0 Å². The average Bonchev–Trinajstić information content (AvgIpc) is 2.58. The van der Waals surface area contributed by atoms with Gasteiger partial charge in [-0.1, -0.05) is 11.6 Å². The molecule has 0 spiro atoms. The van der Waals surface area contributed by atoms with E-state index in [1.54, 1.807) is 12.3 Å². The molecule has 0 saturated carbocycles. The summed E-state index contributed by atoms with van der Waals surface area (Å²) < 4.78 is 0.512. The molecule has 4 nitrogen and oxygen atoms in total. The summed E-state index contributed by atoms with van der Waals surface area (Å²) in [5, 5.41) is 6.56. The predicted molar refractivity (Wildman–Crippen MR) is 49.1 cm³/mol. The van der Waals surface area contributed by atoms with Gasteiger partial charge in [-0.2, -0.15) is 5.10 Å². The van der Waals surface area contributed by atoms with Crippen LogP contribution in [0, 0.1) is 0 Å². The molecule has 2 heterocycles. The summed E-state index contributed by atoms with van der Waals surface area (Å²) in [6.07, 6.45) is 1.68. The van der Waals surface area contributed by atoms with Crippen LogP contribution in [0.4, 0.5) is 5.82 Å². The third kappa shape index (κ3) is 1.28. The Bertz CT molecular complexity index is 355. The number of thiazole rings is 1. The van der Waals surface area contributed by atoms with Crippen LogP contribution in [0.15, 0.2) is 12.3 Å². The number of halogens is 1. The van der Waals surface area contributed by atoms with Crippen LogP contribution < -0.4 is 5.73 Å². The van der Waals surface area contributed by atoms with Gasteiger partial charge >= 0.3 is 0 Å². The molecule has 6 heteroatoms. The Balaban J connectivity index is 2.43. The lowest BCUT2D eigenvalue weighted by Gasteiger charge is -1.84. The summed E-state index contributed by atoms with van der Waals surface area (Å²) in [6, 6.07) is 1.74. The average molecular weight is 201 g/mol. The highest BCUT2D eigenvalue weighted by molar-refractivity contribution is 7.18. The summed E-state index contributed by atoms with van der Waals surface area (Å²) in [5.41, 5.74) is 6.28. The molecule has 0 bridgehead atoms. The lowest BCUT2D eigenvalue weighted by Crippen LogP contribution is -1.81. The quantitative estimate of drug-likeness (QED) is 0.737. The van der Waals surface area contributed by atoms with Crippen molar-refractivity contribution in [3.63, 3.8) is 0 Å². The molecular weight excluding hydrogens is 196 g/mol. The zero-order valence-corrected chi connectivity index (χ0v) is 7.49. The number of nitrogens with two attached hydrogens (primary N) is 1. The topological polar surface area (TPSA) is 67.6 Å². The van der Waals surface area contributed by atoms with Crippen molar-refractivity contribution in [2.24, 2.45) is 0 Å². The third-order valence-electron chi connectivity index (χ3n) is 1.34. The number of nitrogen functional groups attached to an aromatic ring is 1. The number of aromatic nitrogens is 3. The molecule has 2 aromatic heterocycles. The highest BCUT2D eigenvalue weighted by Crippen LogP contribution is 2.27. The molecule has 0 saturated heterocycles. The number of rotatable bonds is 1. The van der Waals surface area contributed by atoms with Gasteiger partial charge in [-0.25, -0.2) is 4.98 Å². The number of H-pyrrole nitrogens is 1. The molecule has 0 radical (unpaired) electrons. The maximum Gasteiger partial charge on any atom is 0.184 e. The fourth-order valence-corrected chi connectivity index (χ4v) is 1.75. The smallest absolute Gasteiger partial charge is 0.184 e. The second-order valence-corrected chi connectivity index (χ2v) is 3.80. The Morgan fingerprint density at radius 1 is 1.58 bits per heavy atom. The molecule has 2 aromatic rings. The van der Waals surface area contributed by atoms with Crippen LogP contribution in [-0.4, -0.2) is 15.2 Å². The second-order valence-electron chi connectivity index (χ2n) is 2.18. The van der Waals surface area contributed by atoms with Crippen molar-refractivity contribution < 1.29 is 0 Å². The first-order valence-corrected chi connectivity index (χ1v) is 4.38. The van der Waals surface area contributed by atoms with E-state index >= 15 is 0 Å². The fourth-order valence-electron chi connectivity index (χ4n) is 0.841. The largest absolute Gasteiger partial charge is 0.382 e. The van der Waals surface area contributed by atoms with Crippen LogP contribution in [0.25, 0.3) is 10.6 Å². The lowest BCUT2D eigenvalue weighted by atomic mass is 10.4. The Hall–Kier alpha value is -1.07. The Labute approximate surface area is 77.4 Å². The van der Waals surface area contributed by atoms with E-state index in [0.29, 0.717) is 10.3 Å². The van der Waals surface area contributed by atoms with E-state index in [9.17, 15) is 0 Å². The van der Waals surface area contributed by atoms with Gasteiger partial charge in [0.15, 0.2) is 4.47 Å². The van der Waals surface area contributed by atoms with Gasteiger partial charge < -0.3 is 5.73 Å². The number of nitrogens with zero attached hydrogens (tertiary/aromatic N) is 2. The Kier molecular flexibility index (Phi) is 1.74. The lowest BCUT2D eigenvalue weighted by molar-refractivity contribution is 1.10. The minimum absolute atomic E-state index is 0.467. The monoisotopic (exact) mass is 200 g/mol. The molecule has 0 fully saturated rings. The Morgan fingerprint density at radius 2 is 2.42 bits per heavy atom. The highest BCUT2D eigenvalue weighted by atomic mass is 35.5. The van der Waals surface area contributed by atoms with E-state index in [0.717, 1.165) is 10.6 Å². The molecule has 2 rings (SSSR count). The number of hydrogen-bond acceptors (Lipinski definition) is 4. The molecule has 3 N–H and O–H groups in total. The zero-order valence-electron chi connectivity index (χ0n) is 5.91. The van der Waals surface area contributed by atoms with Crippen molar-refractivity contribution >= 4 is 28.8 Å². The molecule has 0 unspecified atom stereocenters. The normalized spacial score (nSPS) is 10.4. The first-order chi connectivity index (χ1) is 5.75. The minimum Gasteiger partial charge on any atom is -0.382 e. The van der Waals surface area contributed by atoms with Crippen molar-refractivity contribution in [3.05, 3.63) is 16.7 Å². The van der Waals surface area contributed by atoms with Gasteiger partial charge in [0.25, 0.3) is 0 Å². The first-order valence-electron chi connectivity index (χ1n) is 3.18. The molecule has 0 aliphatic heterocycles. The van der Waals surface area contributed by atoms with Crippen molar-refractivity contribution in [2.45, 2.75) is 0 Å². The SMILES string of the molecule is Nc1cc(-c2cnc(Cl)s2)[nH]n1. The van der Waals surface area contributed by atoms with Gasteiger partial charge in [0.1, 0.15) is 5.82 Å². The number of anilines is 1. The third-order valence-corrected chi connectivity index (χ3v) is 2.49. The van der Waals surface area contributed by atoms with Crippen LogP contribution >= 0.6 is 22.9 Å². The van der Waals surface area contributed by atoms with Crippen LogP contribution in [0.2, 0.25) is 4.47 Å². The molecule has 62 valence electrons. The van der Waals surface area contributed by atoms with Gasteiger partial charge in [0.05, 0.1) is 10.6 Å². The van der Waals surface area contributed by atoms with Crippen LogP contribution in [-0.2, 0) is 0 Å². The summed E-state index contributed by atoms with van der Waals surface area (Å²) in [7, 11) is 0. The summed E-state index contributed by atoms with van der Waals surface area (Å²) in [6.45, 7) is 0. The summed E-state index contributed by atoms with van der Waals surface area (Å²) >= 11 is 7.04. The summed E-state index contributed by atoms with van der Waals surface area (Å²) in [5.74, 6) is 0.467. The van der Waals surface area contributed by atoms with E-state index < -0.39 is 0 Å². The molecular formula is C6H5ClN4S. The minimum atomic E-state index is 0.467. The van der Waals surface area contributed by atoms with Crippen molar-refractivity contribution in [3.8, 4) is 10.6 Å². The molecule has 12 heavy (non-hydrogen) atoms. The van der Waals surface area contributed by atoms with E-state index in [1.165, 1.54) is 11.3 Å². The van der Waals surface area contributed by atoms with E-state index in [4.69, 9.17) is 17.3 Å². The maximum absolute atomic E-state index is 5.66. The van der Waals surface area contributed by atoms with Gasteiger partial charge in [0.2, 0.25) is 0 Å². The fraction of sp³-hybridized carbons (Fsp3) is 0. The summed E-state index contributed by atoms with van der Waals surface area (Å²) in [4.78, 5) is 4.83. The molecule has 0 aliphatic carbocycles. The first kappa shape index (κ1) is 7.57. The van der Waals surface area contributed by atoms with E-state index in [-0.39, 0.29) is 0 Å². The van der Waals surface area contributed by atoms with Crippen molar-refractivity contribution in [2.75, 3.05) is 5.73 Å². The molecule has 0 aliphatic rings. The van der Waals surface area contributed by atoms with Crippen molar-refractivity contribution in [1.29, 1.82) is 0 Å². The predicted octanol–water partition coefficient (Wildman–Crippen LogP) is 1.77. The van der Waals surface area contributed by atoms with Gasteiger partial charge in [-0.15, -0.1) is 11.3 Å². The van der Waals surface area contributed by atoms with Gasteiger partial charge in [-0.3, -0.25) is 5.10 Å². The standard InChI is InChI=1S/C6H5ClN4S/c7-6-9-2-4(12-6)3-1-5(8)11-10-3/h1-2H,(H3,8,10,11). The van der Waals surface area contributed by atoms with Crippen LogP contribution in [0.1, 0.15) is 0 Å².